The van der Waals surface area contributed by atoms with Crippen molar-refractivity contribution in [3.63, 3.8) is 0 Å². The second-order valence-electron chi connectivity index (χ2n) is 9.03. The van der Waals surface area contributed by atoms with Crippen LogP contribution in [-0.2, 0) is 11.3 Å². The normalized spacial score (nSPS) is 12.0. The SMILES string of the molecule is C=CCn1c(SCC(=O)Nc2ccc(C(C)C)cc2)nnc1C(NC(=O)c1ccccc1Cl)C(C)C. The number of anilines is 1. The number of rotatable bonds is 11. The Morgan fingerprint density at radius 2 is 1.78 bits per heavy atom. The number of amides is 2. The monoisotopic (exact) mass is 525 g/mol. The average molecular weight is 526 g/mol. The molecule has 0 aliphatic rings. The second-order valence-corrected chi connectivity index (χ2v) is 10.4. The minimum Gasteiger partial charge on any atom is -0.342 e. The molecule has 36 heavy (non-hydrogen) atoms. The third-order valence-corrected chi connectivity index (χ3v) is 6.90. The van der Waals surface area contributed by atoms with E-state index in [0.29, 0.717) is 34.0 Å². The highest BCUT2D eigenvalue weighted by atomic mass is 35.5. The molecule has 2 N–H and O–H groups in total. The van der Waals surface area contributed by atoms with Crippen molar-refractivity contribution in [2.75, 3.05) is 11.1 Å². The van der Waals surface area contributed by atoms with E-state index in [2.05, 4.69) is 41.3 Å². The summed E-state index contributed by atoms with van der Waals surface area (Å²) in [4.78, 5) is 25.5. The molecule has 190 valence electrons. The number of allylic oxidation sites excluding steroid dienone is 1. The zero-order chi connectivity index (χ0) is 26.2. The number of carbonyl (C=O) groups is 2. The maximum Gasteiger partial charge on any atom is 0.253 e. The molecule has 0 spiro atoms. The van der Waals surface area contributed by atoms with Crippen LogP contribution < -0.4 is 10.6 Å². The number of carbonyl (C=O) groups excluding carboxylic acids is 2. The first kappa shape index (κ1) is 27.5. The fourth-order valence-electron chi connectivity index (χ4n) is 3.61. The topological polar surface area (TPSA) is 88.9 Å². The summed E-state index contributed by atoms with van der Waals surface area (Å²) in [5.74, 6) is 0.792. The second kappa shape index (κ2) is 12.7. The van der Waals surface area contributed by atoms with Gasteiger partial charge in [-0.3, -0.25) is 9.59 Å². The molecule has 1 unspecified atom stereocenters. The van der Waals surface area contributed by atoms with Crippen molar-refractivity contribution in [2.45, 2.75) is 51.4 Å². The van der Waals surface area contributed by atoms with Gasteiger partial charge in [-0.15, -0.1) is 16.8 Å². The van der Waals surface area contributed by atoms with Crippen LogP contribution in [0.25, 0.3) is 0 Å². The number of nitrogens with zero attached hydrogens (tertiary/aromatic N) is 3. The Balaban J connectivity index is 1.73. The largest absolute Gasteiger partial charge is 0.342 e. The van der Waals surface area contributed by atoms with Gasteiger partial charge in [-0.2, -0.15) is 0 Å². The molecule has 2 amide bonds. The van der Waals surface area contributed by atoms with Crippen molar-refractivity contribution in [1.29, 1.82) is 0 Å². The summed E-state index contributed by atoms with van der Waals surface area (Å²) in [6, 6.07) is 14.3. The minimum absolute atomic E-state index is 0.0270. The highest BCUT2D eigenvalue weighted by molar-refractivity contribution is 7.99. The molecule has 0 aliphatic carbocycles. The van der Waals surface area contributed by atoms with Gasteiger partial charge in [-0.05, 0) is 41.7 Å². The maximum absolute atomic E-state index is 12.9. The van der Waals surface area contributed by atoms with E-state index in [1.54, 1.807) is 30.3 Å². The summed E-state index contributed by atoms with van der Waals surface area (Å²) in [6.07, 6.45) is 1.74. The number of halogens is 1. The highest BCUT2D eigenvalue weighted by Crippen LogP contribution is 2.27. The molecule has 1 aromatic heterocycles. The fraction of sp³-hybridized carbons (Fsp3) is 0.333. The van der Waals surface area contributed by atoms with Crippen LogP contribution in [-0.4, -0.2) is 32.3 Å². The van der Waals surface area contributed by atoms with Crippen LogP contribution in [0.1, 0.15) is 61.4 Å². The first-order chi connectivity index (χ1) is 17.2. The number of hydrogen-bond donors (Lipinski definition) is 2. The Hall–Kier alpha value is -3.10. The summed E-state index contributed by atoms with van der Waals surface area (Å²) in [6.45, 7) is 12.5. The predicted octanol–water partition coefficient (Wildman–Crippen LogP) is 6.10. The fourth-order valence-corrected chi connectivity index (χ4v) is 4.59. The lowest BCUT2D eigenvalue weighted by Crippen LogP contribution is -2.34. The van der Waals surface area contributed by atoms with Gasteiger partial charge in [0.25, 0.3) is 5.91 Å². The lowest BCUT2D eigenvalue weighted by molar-refractivity contribution is -0.113. The van der Waals surface area contributed by atoms with Gasteiger partial charge in [0.2, 0.25) is 5.91 Å². The van der Waals surface area contributed by atoms with Crippen molar-refractivity contribution >= 4 is 40.9 Å². The van der Waals surface area contributed by atoms with Crippen LogP contribution in [0.4, 0.5) is 5.69 Å². The molecule has 0 aliphatic heterocycles. The quantitative estimate of drug-likeness (QED) is 0.233. The molecule has 0 bridgehead atoms. The Labute approximate surface area is 221 Å². The van der Waals surface area contributed by atoms with Crippen LogP contribution >= 0.6 is 23.4 Å². The Morgan fingerprint density at radius 3 is 2.39 bits per heavy atom. The van der Waals surface area contributed by atoms with E-state index in [0.717, 1.165) is 5.69 Å². The molecule has 0 saturated heterocycles. The summed E-state index contributed by atoms with van der Waals surface area (Å²) in [5.41, 5.74) is 2.36. The molecule has 1 heterocycles. The zero-order valence-corrected chi connectivity index (χ0v) is 22.6. The standard InChI is InChI=1S/C27H32ClN5O2S/c1-6-15-33-25(24(18(4)5)30-26(35)21-9-7-8-10-22(21)28)31-32-27(33)36-16-23(34)29-20-13-11-19(12-14-20)17(2)3/h6-14,17-18,24H,1,15-16H2,2-5H3,(H,29,34)(H,30,35). The lowest BCUT2D eigenvalue weighted by atomic mass is 10.0. The van der Waals surface area contributed by atoms with Crippen LogP contribution in [0, 0.1) is 5.92 Å². The van der Waals surface area contributed by atoms with E-state index in [9.17, 15) is 9.59 Å². The van der Waals surface area contributed by atoms with Crippen molar-refractivity contribution in [1.82, 2.24) is 20.1 Å². The van der Waals surface area contributed by atoms with Gasteiger partial charge in [-0.25, -0.2) is 0 Å². The van der Waals surface area contributed by atoms with Gasteiger partial charge in [0.1, 0.15) is 0 Å². The molecule has 0 fully saturated rings. The Bertz CT molecular complexity index is 1210. The van der Waals surface area contributed by atoms with Crippen LogP contribution in [0.2, 0.25) is 5.02 Å². The zero-order valence-electron chi connectivity index (χ0n) is 21.0. The lowest BCUT2D eigenvalue weighted by Gasteiger charge is -2.23. The van der Waals surface area contributed by atoms with Gasteiger partial charge in [0, 0.05) is 12.2 Å². The van der Waals surface area contributed by atoms with Gasteiger partial charge in [-0.1, -0.05) is 81.4 Å². The molecule has 0 saturated carbocycles. The summed E-state index contributed by atoms with van der Waals surface area (Å²) in [7, 11) is 0. The minimum atomic E-state index is -0.413. The molecule has 7 nitrogen and oxygen atoms in total. The van der Waals surface area contributed by atoms with Crippen LogP contribution in [0.3, 0.4) is 0 Å². The van der Waals surface area contributed by atoms with Gasteiger partial charge in [0.05, 0.1) is 22.4 Å². The predicted molar refractivity (Wildman–Crippen MR) is 147 cm³/mol. The number of thioether (sulfide) groups is 1. The van der Waals surface area contributed by atoms with E-state index < -0.39 is 6.04 Å². The van der Waals surface area contributed by atoms with Gasteiger partial charge >= 0.3 is 0 Å². The third kappa shape index (κ3) is 6.98. The Morgan fingerprint density at radius 1 is 1.08 bits per heavy atom. The first-order valence-corrected chi connectivity index (χ1v) is 13.2. The molecular weight excluding hydrogens is 494 g/mol. The van der Waals surface area contributed by atoms with E-state index in [1.165, 1.54) is 17.3 Å². The van der Waals surface area contributed by atoms with Crippen molar-refractivity contribution in [2.24, 2.45) is 5.92 Å². The van der Waals surface area contributed by atoms with Crippen molar-refractivity contribution < 1.29 is 9.59 Å². The number of aromatic nitrogens is 3. The molecule has 9 heteroatoms. The van der Waals surface area contributed by atoms with E-state index >= 15 is 0 Å². The summed E-state index contributed by atoms with van der Waals surface area (Å²) in [5, 5.41) is 15.6. The molecule has 1 atom stereocenters. The summed E-state index contributed by atoms with van der Waals surface area (Å²) >= 11 is 7.50. The highest BCUT2D eigenvalue weighted by Gasteiger charge is 2.27. The van der Waals surface area contributed by atoms with Gasteiger partial charge in [0.15, 0.2) is 11.0 Å². The first-order valence-electron chi connectivity index (χ1n) is 11.8. The molecule has 0 radical (unpaired) electrons. The number of nitrogens with one attached hydrogen (secondary N) is 2. The Kier molecular flexibility index (Phi) is 9.73. The van der Waals surface area contributed by atoms with E-state index in [4.69, 9.17) is 11.6 Å². The maximum atomic E-state index is 12.9. The van der Waals surface area contributed by atoms with Crippen LogP contribution in [0.5, 0.6) is 0 Å². The smallest absolute Gasteiger partial charge is 0.253 e. The molecule has 3 rings (SSSR count). The number of hydrogen-bond acceptors (Lipinski definition) is 5. The van der Waals surface area contributed by atoms with Crippen molar-refractivity contribution in [3.8, 4) is 0 Å². The average Bonchev–Trinajstić information content (AvgIpc) is 3.23. The van der Waals surface area contributed by atoms with E-state index in [-0.39, 0.29) is 23.5 Å². The van der Waals surface area contributed by atoms with Crippen LogP contribution in [0.15, 0.2) is 66.3 Å². The van der Waals surface area contributed by atoms with Crippen molar-refractivity contribution in [3.05, 3.63) is 83.2 Å². The summed E-state index contributed by atoms with van der Waals surface area (Å²) < 4.78 is 1.87. The van der Waals surface area contributed by atoms with Gasteiger partial charge < -0.3 is 15.2 Å². The molecule has 2 aromatic carbocycles. The molecular formula is C27H32ClN5O2S. The van der Waals surface area contributed by atoms with E-state index in [1.807, 2.05) is 42.7 Å². The number of benzene rings is 2. The molecule has 3 aromatic rings. The third-order valence-electron chi connectivity index (χ3n) is 5.60.